The van der Waals surface area contributed by atoms with Crippen molar-refractivity contribution in [1.82, 2.24) is 4.98 Å². The summed E-state index contributed by atoms with van der Waals surface area (Å²) in [6.45, 7) is 0. The second-order valence-corrected chi connectivity index (χ2v) is 9.54. The summed E-state index contributed by atoms with van der Waals surface area (Å²) in [4.78, 5) is 32.0. The minimum Gasteiger partial charge on any atom is -0.503 e. The summed E-state index contributed by atoms with van der Waals surface area (Å²) < 4.78 is 34.4. The van der Waals surface area contributed by atoms with Crippen molar-refractivity contribution in [3.63, 3.8) is 0 Å². The van der Waals surface area contributed by atoms with Crippen LogP contribution in [0.2, 0.25) is 0 Å². The summed E-state index contributed by atoms with van der Waals surface area (Å²) in [5.74, 6) is -1.93. The van der Waals surface area contributed by atoms with Gasteiger partial charge >= 0.3 is 0 Å². The van der Waals surface area contributed by atoms with Gasteiger partial charge in [0, 0.05) is 23.5 Å². The predicted octanol–water partition coefficient (Wildman–Crippen LogP) is 3.27. The minimum absolute atomic E-state index is 0.0886. The normalized spacial score (nSPS) is 16.1. The molecule has 2 aromatic carbocycles. The number of benzene rings is 2. The van der Waals surface area contributed by atoms with E-state index in [0.717, 1.165) is 0 Å². The predicted molar refractivity (Wildman–Crippen MR) is 129 cm³/mol. The average Bonchev–Trinajstić information content (AvgIpc) is 3.43. The van der Waals surface area contributed by atoms with Gasteiger partial charge in [-0.05, 0) is 54.1 Å². The fourth-order valence-electron chi connectivity index (χ4n) is 4.20. The molecule has 0 radical (unpaired) electrons. The van der Waals surface area contributed by atoms with Crippen LogP contribution in [0.3, 0.4) is 0 Å². The number of carbonyl (C=O) groups is 2. The number of carbonyl (C=O) groups excluding carboxylic acids is 2. The number of fused-ring (bicyclic) bond motifs is 1. The monoisotopic (exact) mass is 505 g/mol. The number of anilines is 1. The number of amides is 1. The highest BCUT2D eigenvalue weighted by molar-refractivity contribution is 7.89. The van der Waals surface area contributed by atoms with Gasteiger partial charge in [-0.3, -0.25) is 19.5 Å². The van der Waals surface area contributed by atoms with Gasteiger partial charge in [0.25, 0.3) is 5.91 Å². The first-order valence-electron chi connectivity index (χ1n) is 10.6. The number of aromatic nitrogens is 1. The highest BCUT2D eigenvalue weighted by Gasteiger charge is 2.45. The average molecular weight is 506 g/mol. The van der Waals surface area contributed by atoms with Gasteiger partial charge in [0.1, 0.15) is 0 Å². The molecule has 2 aromatic heterocycles. The molecule has 1 aliphatic heterocycles. The van der Waals surface area contributed by atoms with E-state index >= 15 is 0 Å². The zero-order chi connectivity index (χ0) is 25.6. The Balaban J connectivity index is 1.63. The van der Waals surface area contributed by atoms with Crippen LogP contribution in [-0.2, 0) is 14.8 Å². The minimum atomic E-state index is -3.96. The van der Waals surface area contributed by atoms with Crippen molar-refractivity contribution >= 4 is 38.4 Å². The molecule has 0 saturated carbocycles. The number of para-hydroxylation sites is 1. The quantitative estimate of drug-likeness (QED) is 0.379. The zero-order valence-electron chi connectivity index (χ0n) is 18.8. The summed E-state index contributed by atoms with van der Waals surface area (Å²) in [5, 5.41) is 16.7. The molecule has 1 unspecified atom stereocenters. The number of furan rings is 1. The van der Waals surface area contributed by atoms with E-state index in [1.165, 1.54) is 54.7 Å². The molecule has 0 fully saturated rings. The first-order valence-corrected chi connectivity index (χ1v) is 12.2. The number of sulfonamides is 1. The first-order chi connectivity index (χ1) is 17.2. The molecule has 36 heavy (non-hydrogen) atoms. The van der Waals surface area contributed by atoms with Gasteiger partial charge in [0.15, 0.2) is 22.9 Å². The number of ketones is 1. The third-order valence-corrected chi connectivity index (χ3v) is 6.80. The van der Waals surface area contributed by atoms with Crippen LogP contribution in [0.1, 0.15) is 22.2 Å². The number of primary sulfonamides is 1. The molecular formula is C25H19N3O7S. The van der Waals surface area contributed by atoms with Crippen molar-refractivity contribution in [3.05, 3.63) is 95.7 Å². The molecule has 1 amide bonds. The maximum Gasteiger partial charge on any atom is 0.294 e. The van der Waals surface area contributed by atoms with Gasteiger partial charge in [0.2, 0.25) is 15.8 Å². The van der Waals surface area contributed by atoms with Gasteiger partial charge in [-0.1, -0.05) is 12.1 Å². The second-order valence-electron chi connectivity index (χ2n) is 7.98. The first kappa shape index (κ1) is 23.3. The van der Waals surface area contributed by atoms with Gasteiger partial charge in [0.05, 0.1) is 23.6 Å². The van der Waals surface area contributed by atoms with Gasteiger partial charge < -0.3 is 14.3 Å². The van der Waals surface area contributed by atoms with Crippen LogP contribution in [-0.4, -0.2) is 37.3 Å². The lowest BCUT2D eigenvalue weighted by Crippen LogP contribution is -2.31. The van der Waals surface area contributed by atoms with Gasteiger partial charge in [-0.25, -0.2) is 13.6 Å². The molecular weight excluding hydrogens is 486 g/mol. The summed E-state index contributed by atoms with van der Waals surface area (Å²) in [6.07, 6.45) is 2.98. The zero-order valence-corrected chi connectivity index (χ0v) is 19.6. The Morgan fingerprint density at radius 3 is 2.44 bits per heavy atom. The topological polar surface area (TPSA) is 153 Å². The molecule has 0 saturated heterocycles. The van der Waals surface area contributed by atoms with Crippen LogP contribution in [0, 0.1) is 0 Å². The molecule has 5 rings (SSSR count). The van der Waals surface area contributed by atoms with Crippen LogP contribution in [0.15, 0.2) is 93.7 Å². The second kappa shape index (κ2) is 8.63. The van der Waals surface area contributed by atoms with Crippen molar-refractivity contribution in [1.29, 1.82) is 0 Å². The Kier molecular flexibility index (Phi) is 5.58. The molecule has 0 aliphatic carbocycles. The van der Waals surface area contributed by atoms with E-state index in [9.17, 15) is 23.1 Å². The number of aliphatic hydroxyl groups is 1. The summed E-state index contributed by atoms with van der Waals surface area (Å²) >= 11 is 0. The fraction of sp³-hybridized carbons (Fsp3) is 0.0800. The van der Waals surface area contributed by atoms with Crippen LogP contribution >= 0.6 is 0 Å². The van der Waals surface area contributed by atoms with Crippen molar-refractivity contribution < 1.29 is 32.3 Å². The van der Waals surface area contributed by atoms with E-state index in [1.807, 2.05) is 0 Å². The molecule has 1 aliphatic rings. The number of nitrogens with zero attached hydrogens (tertiary/aromatic N) is 2. The van der Waals surface area contributed by atoms with Gasteiger partial charge in [-0.15, -0.1) is 0 Å². The van der Waals surface area contributed by atoms with Crippen LogP contribution in [0.25, 0.3) is 11.0 Å². The van der Waals surface area contributed by atoms with Crippen LogP contribution in [0.5, 0.6) is 5.75 Å². The van der Waals surface area contributed by atoms with Crippen molar-refractivity contribution in [2.24, 2.45) is 5.14 Å². The molecule has 3 heterocycles. The van der Waals surface area contributed by atoms with Crippen LogP contribution in [0.4, 0.5) is 5.69 Å². The van der Waals surface area contributed by atoms with E-state index in [-0.39, 0.29) is 21.9 Å². The van der Waals surface area contributed by atoms with E-state index in [4.69, 9.17) is 14.3 Å². The third-order valence-electron chi connectivity index (χ3n) is 5.87. The number of methoxy groups -OCH3 is 1. The molecule has 10 nitrogen and oxygen atoms in total. The molecule has 1 atom stereocenters. The molecule has 4 aromatic rings. The lowest BCUT2D eigenvalue weighted by Gasteiger charge is -2.26. The summed E-state index contributed by atoms with van der Waals surface area (Å²) in [7, 11) is -2.49. The van der Waals surface area contributed by atoms with E-state index in [0.29, 0.717) is 22.3 Å². The number of hydrogen-bond acceptors (Lipinski definition) is 8. The summed E-state index contributed by atoms with van der Waals surface area (Å²) in [5.41, 5.74) is 0.896. The lowest BCUT2D eigenvalue weighted by molar-refractivity contribution is -0.117. The maximum absolute atomic E-state index is 13.7. The molecule has 3 N–H and O–H groups in total. The number of pyridine rings is 1. The van der Waals surface area contributed by atoms with Crippen molar-refractivity contribution in [2.75, 3.05) is 12.0 Å². The summed E-state index contributed by atoms with van der Waals surface area (Å²) in [6, 6.07) is 14.1. The van der Waals surface area contributed by atoms with Gasteiger partial charge in [-0.2, -0.15) is 0 Å². The highest BCUT2D eigenvalue weighted by Crippen LogP contribution is 2.42. The maximum atomic E-state index is 13.7. The van der Waals surface area contributed by atoms with Crippen molar-refractivity contribution in [2.45, 2.75) is 10.9 Å². The number of nitrogens with two attached hydrogens (primary N) is 1. The number of aliphatic hydroxyl groups excluding tert-OH is 1. The Labute approximate surface area is 205 Å². The fourth-order valence-corrected chi connectivity index (χ4v) is 4.72. The number of Topliss-reactive ketones (excluding diaryl/α,β-unsaturated/α-hetero) is 1. The number of ether oxygens (including phenoxy) is 1. The Morgan fingerprint density at radius 2 is 1.81 bits per heavy atom. The smallest absolute Gasteiger partial charge is 0.294 e. The Bertz CT molecular complexity index is 1640. The Hall–Kier alpha value is -4.48. The van der Waals surface area contributed by atoms with Crippen LogP contribution < -0.4 is 14.8 Å². The van der Waals surface area contributed by atoms with E-state index in [2.05, 4.69) is 4.98 Å². The molecule has 0 spiro atoms. The Morgan fingerprint density at radius 1 is 1.11 bits per heavy atom. The standard InChI is InChI=1S/C25H19N3O7S/c1-34-18-4-2-3-15-13-19(35-24(15)18)22(29)20-21(14-9-11-27-12-10-14)28(25(31)23(20)30)16-5-7-17(8-6-16)36(26,32)33/h2-13,21,30H,1H3,(H2,26,32,33). The number of rotatable bonds is 6. The largest absolute Gasteiger partial charge is 0.503 e. The number of hydrogen-bond donors (Lipinski definition) is 2. The highest BCUT2D eigenvalue weighted by atomic mass is 32.2. The van der Waals surface area contributed by atoms with E-state index in [1.54, 1.807) is 30.3 Å². The molecule has 0 bridgehead atoms. The SMILES string of the molecule is COc1cccc2cc(C(=O)C3=C(O)C(=O)N(c4ccc(S(N)(=O)=O)cc4)C3c3ccncc3)oc12. The van der Waals surface area contributed by atoms with E-state index < -0.39 is 33.5 Å². The molecule has 11 heteroatoms. The lowest BCUT2D eigenvalue weighted by atomic mass is 9.95. The third kappa shape index (κ3) is 3.80. The molecule has 182 valence electrons. The van der Waals surface area contributed by atoms with Crippen molar-refractivity contribution in [3.8, 4) is 5.75 Å².